The van der Waals surface area contributed by atoms with Crippen molar-refractivity contribution in [1.82, 2.24) is 0 Å². The van der Waals surface area contributed by atoms with Crippen molar-refractivity contribution < 1.29 is 74.4 Å². The summed E-state index contributed by atoms with van der Waals surface area (Å²) in [6.07, 6.45) is -20.9. The van der Waals surface area contributed by atoms with Gasteiger partial charge in [0, 0.05) is 7.11 Å². The van der Waals surface area contributed by atoms with Crippen molar-refractivity contribution in [3.63, 3.8) is 0 Å². The van der Waals surface area contributed by atoms with Crippen LogP contribution in [0, 0.1) is 0 Å². The minimum Gasteiger partial charge on any atom is -0.394 e. The van der Waals surface area contributed by atoms with Gasteiger partial charge in [0.05, 0.1) is 25.9 Å². The zero-order chi connectivity index (χ0) is 26.0. The van der Waals surface area contributed by atoms with Gasteiger partial charge in [-0.1, -0.05) is 0 Å². The molecule has 3 aliphatic rings. The number of methoxy groups -OCH3 is 1. The smallest absolute Gasteiger partial charge is 0.187 e. The molecule has 3 rings (SSSR count). The van der Waals surface area contributed by atoms with Gasteiger partial charge in [-0.05, 0) is 6.92 Å². The Hall–Kier alpha value is -0.600. The Bertz CT molecular complexity index is 652. The summed E-state index contributed by atoms with van der Waals surface area (Å²) in [6.45, 7) is -0.191. The first kappa shape index (κ1) is 29.0. The number of hydrogen-bond acceptors (Lipinski definition) is 15. The predicted octanol–water partition coefficient (Wildman–Crippen LogP) is -5.85. The van der Waals surface area contributed by atoms with Crippen LogP contribution in [0.2, 0.25) is 0 Å². The van der Waals surface area contributed by atoms with Crippen LogP contribution in [0.25, 0.3) is 0 Å². The summed E-state index contributed by atoms with van der Waals surface area (Å²) in [5.74, 6) is 0. The highest BCUT2D eigenvalue weighted by molar-refractivity contribution is 4.96. The van der Waals surface area contributed by atoms with Crippen molar-refractivity contribution in [3.05, 3.63) is 0 Å². The molecule has 15 nitrogen and oxygen atoms in total. The summed E-state index contributed by atoms with van der Waals surface area (Å²) in [7, 11) is 1.26. The maximum atomic E-state index is 10.7. The first-order chi connectivity index (χ1) is 16.5. The Morgan fingerprint density at radius 3 is 1.77 bits per heavy atom. The Labute approximate surface area is 200 Å². The fraction of sp³-hybridized carbons (Fsp3) is 1.00. The highest BCUT2D eigenvalue weighted by Crippen LogP contribution is 2.31. The molecule has 0 aromatic rings. The third kappa shape index (κ3) is 5.95. The van der Waals surface area contributed by atoms with E-state index in [0.29, 0.717) is 0 Å². The highest BCUT2D eigenvalue weighted by Gasteiger charge is 2.51. The van der Waals surface area contributed by atoms with Gasteiger partial charge >= 0.3 is 0 Å². The van der Waals surface area contributed by atoms with E-state index in [0.717, 1.165) is 0 Å². The summed E-state index contributed by atoms with van der Waals surface area (Å²) in [6, 6.07) is 0. The van der Waals surface area contributed by atoms with Gasteiger partial charge in [-0.15, -0.1) is 0 Å². The zero-order valence-corrected chi connectivity index (χ0v) is 19.3. The van der Waals surface area contributed by atoms with Crippen molar-refractivity contribution in [2.45, 2.75) is 98.9 Å². The summed E-state index contributed by atoms with van der Waals surface area (Å²) in [5.41, 5.74) is 0. The fourth-order valence-corrected chi connectivity index (χ4v) is 4.43. The van der Waals surface area contributed by atoms with Crippen LogP contribution >= 0.6 is 0 Å². The van der Waals surface area contributed by atoms with E-state index in [1.807, 2.05) is 0 Å². The van der Waals surface area contributed by atoms with E-state index >= 15 is 0 Å². The Balaban J connectivity index is 1.72. The van der Waals surface area contributed by atoms with Crippen LogP contribution in [0.5, 0.6) is 0 Å². The number of aliphatic hydroxyl groups excluding tert-OH is 9. The predicted molar refractivity (Wildman–Crippen MR) is 109 cm³/mol. The molecule has 0 radical (unpaired) electrons. The van der Waals surface area contributed by atoms with E-state index in [9.17, 15) is 46.0 Å². The van der Waals surface area contributed by atoms with Crippen LogP contribution < -0.4 is 0 Å². The first-order valence-corrected chi connectivity index (χ1v) is 11.3. The van der Waals surface area contributed by atoms with Crippen molar-refractivity contribution in [2.75, 3.05) is 26.9 Å². The molecule has 0 spiro atoms. The van der Waals surface area contributed by atoms with E-state index in [2.05, 4.69) is 0 Å². The summed E-state index contributed by atoms with van der Waals surface area (Å²) < 4.78 is 32.7. The summed E-state index contributed by atoms with van der Waals surface area (Å²) >= 11 is 0. The standard InChI is InChI=1S/C20H36O15/c1-6-10(23)13(26)18(35-20-16(29)14(27)17(30-2)8(4-22)34-20)9(32-6)5-31-19-15(28)12(25)11(24)7(3-21)33-19/h6-29H,3-5H2,1-2H3/t6-,7?,8?,9?,10?,11?,12?,13?,14?,15?,16?,17?,18?,19?,20?/m1/s1. The van der Waals surface area contributed by atoms with Crippen molar-refractivity contribution >= 4 is 0 Å². The monoisotopic (exact) mass is 516 g/mol. The lowest BCUT2D eigenvalue weighted by molar-refractivity contribution is -0.350. The molecule has 3 fully saturated rings. The molecule has 14 unspecified atom stereocenters. The largest absolute Gasteiger partial charge is 0.394 e. The lowest BCUT2D eigenvalue weighted by atomic mass is 9.94. The molecule has 35 heavy (non-hydrogen) atoms. The second kappa shape index (κ2) is 12.3. The average Bonchev–Trinajstić information content (AvgIpc) is 2.85. The SMILES string of the molecule is COC1C(CO)OC(OC2C(COC3OC(CO)C(O)C(O)C3O)O[C@H](C)C(O)C2O)C(O)C1O. The molecule has 206 valence electrons. The number of rotatable bonds is 8. The van der Waals surface area contributed by atoms with Gasteiger partial charge in [-0.2, -0.15) is 0 Å². The van der Waals surface area contributed by atoms with Crippen LogP contribution in [0.3, 0.4) is 0 Å². The third-order valence-corrected chi connectivity index (χ3v) is 6.58. The second-order valence-corrected chi connectivity index (χ2v) is 8.90. The molecule has 0 bridgehead atoms. The molecule has 0 aliphatic carbocycles. The van der Waals surface area contributed by atoms with E-state index < -0.39 is 112 Å². The van der Waals surface area contributed by atoms with Crippen LogP contribution in [0.15, 0.2) is 0 Å². The molecule has 15 atom stereocenters. The lowest BCUT2D eigenvalue weighted by Crippen LogP contribution is -2.65. The molecule has 0 aromatic heterocycles. The summed E-state index contributed by atoms with van der Waals surface area (Å²) in [4.78, 5) is 0. The van der Waals surface area contributed by atoms with E-state index in [1.54, 1.807) is 0 Å². The molecule has 15 heteroatoms. The lowest BCUT2D eigenvalue weighted by Gasteiger charge is -2.47. The summed E-state index contributed by atoms with van der Waals surface area (Å²) in [5, 5.41) is 90.6. The fourth-order valence-electron chi connectivity index (χ4n) is 4.43. The normalized spacial score (nSPS) is 51.3. The van der Waals surface area contributed by atoms with Crippen molar-refractivity contribution in [2.24, 2.45) is 0 Å². The van der Waals surface area contributed by atoms with E-state index in [-0.39, 0.29) is 0 Å². The average molecular weight is 516 g/mol. The van der Waals surface area contributed by atoms with Gasteiger partial charge in [-0.3, -0.25) is 0 Å². The van der Waals surface area contributed by atoms with E-state index in [4.69, 9.17) is 28.4 Å². The minimum atomic E-state index is -1.68. The van der Waals surface area contributed by atoms with Crippen LogP contribution in [0.4, 0.5) is 0 Å². The topological polar surface area (TPSA) is 237 Å². The van der Waals surface area contributed by atoms with Crippen LogP contribution in [-0.2, 0) is 28.4 Å². The van der Waals surface area contributed by atoms with Crippen molar-refractivity contribution in [1.29, 1.82) is 0 Å². The molecular formula is C20H36O15. The van der Waals surface area contributed by atoms with Gasteiger partial charge in [0.1, 0.15) is 73.2 Å². The number of hydrogen-bond donors (Lipinski definition) is 9. The second-order valence-electron chi connectivity index (χ2n) is 8.90. The van der Waals surface area contributed by atoms with Crippen LogP contribution in [-0.4, -0.2) is 165 Å². The molecular weight excluding hydrogens is 480 g/mol. The molecule has 0 amide bonds. The highest BCUT2D eigenvalue weighted by atomic mass is 16.7. The maximum absolute atomic E-state index is 10.7. The van der Waals surface area contributed by atoms with Gasteiger partial charge in [0.25, 0.3) is 0 Å². The Kier molecular flexibility index (Phi) is 10.2. The van der Waals surface area contributed by atoms with Gasteiger partial charge in [-0.25, -0.2) is 0 Å². The molecule has 9 N–H and O–H groups in total. The number of ether oxygens (including phenoxy) is 6. The van der Waals surface area contributed by atoms with Gasteiger partial charge < -0.3 is 74.4 Å². The third-order valence-electron chi connectivity index (χ3n) is 6.58. The number of aliphatic hydroxyl groups is 9. The quantitative estimate of drug-likeness (QED) is 0.146. The van der Waals surface area contributed by atoms with Crippen molar-refractivity contribution in [3.8, 4) is 0 Å². The maximum Gasteiger partial charge on any atom is 0.187 e. The Morgan fingerprint density at radius 1 is 0.600 bits per heavy atom. The zero-order valence-electron chi connectivity index (χ0n) is 19.3. The Morgan fingerprint density at radius 2 is 1.17 bits per heavy atom. The van der Waals surface area contributed by atoms with Gasteiger partial charge in [0.15, 0.2) is 12.6 Å². The van der Waals surface area contributed by atoms with Gasteiger partial charge in [0.2, 0.25) is 0 Å². The minimum absolute atomic E-state index is 0.434. The molecule has 0 aromatic carbocycles. The van der Waals surface area contributed by atoms with Crippen LogP contribution in [0.1, 0.15) is 6.92 Å². The van der Waals surface area contributed by atoms with E-state index in [1.165, 1.54) is 14.0 Å². The molecule has 0 saturated carbocycles. The molecule has 3 heterocycles. The molecule has 3 aliphatic heterocycles. The molecule has 3 saturated heterocycles. The first-order valence-electron chi connectivity index (χ1n) is 11.3.